The first-order valence-corrected chi connectivity index (χ1v) is 9.07. The molecule has 1 fully saturated rings. The third-order valence-electron chi connectivity index (χ3n) is 3.88. The Morgan fingerprint density at radius 1 is 1.33 bits per heavy atom. The van der Waals surface area contributed by atoms with Crippen LogP contribution in [0, 0.1) is 0 Å². The third-order valence-corrected chi connectivity index (χ3v) is 5.21. The van der Waals surface area contributed by atoms with Gasteiger partial charge in [0.25, 0.3) is 0 Å². The maximum Gasteiger partial charge on any atom is 0.326 e. The first-order valence-electron chi connectivity index (χ1n) is 7.55. The maximum atomic E-state index is 12.3. The van der Waals surface area contributed by atoms with E-state index in [1.165, 1.54) is 4.90 Å². The standard InChI is InChI=1S/C16H19ClN2O4S/c17-8-10-3-5-11(6-4-10)16(23)24-9-12(18)14(20)19-7-1-2-13(19)15(21)22/h3-6,12-13H,1-2,7-9,18H2,(H,21,22)/t12-,13+/m1/s1. The molecule has 1 aromatic carbocycles. The molecule has 0 aliphatic carbocycles. The number of hydrogen-bond donors (Lipinski definition) is 2. The highest BCUT2D eigenvalue weighted by molar-refractivity contribution is 8.14. The highest BCUT2D eigenvalue weighted by atomic mass is 35.5. The molecule has 0 saturated carbocycles. The van der Waals surface area contributed by atoms with Gasteiger partial charge in [0.05, 0.1) is 6.04 Å². The lowest BCUT2D eigenvalue weighted by Crippen LogP contribution is -2.49. The lowest BCUT2D eigenvalue weighted by Gasteiger charge is -2.24. The summed E-state index contributed by atoms with van der Waals surface area (Å²) in [6.07, 6.45) is 1.08. The molecule has 1 aliphatic heterocycles. The summed E-state index contributed by atoms with van der Waals surface area (Å²) in [5.41, 5.74) is 7.28. The Balaban J connectivity index is 1.89. The number of nitrogens with zero attached hydrogens (tertiary/aromatic N) is 1. The van der Waals surface area contributed by atoms with E-state index in [1.54, 1.807) is 24.3 Å². The number of likely N-dealkylation sites (tertiary alicyclic amines) is 1. The van der Waals surface area contributed by atoms with Gasteiger partial charge in [0, 0.05) is 23.7 Å². The van der Waals surface area contributed by atoms with Crippen LogP contribution in [0.4, 0.5) is 0 Å². The van der Waals surface area contributed by atoms with E-state index in [4.69, 9.17) is 22.4 Å². The Labute approximate surface area is 149 Å². The smallest absolute Gasteiger partial charge is 0.326 e. The van der Waals surface area contributed by atoms with Gasteiger partial charge in [0.1, 0.15) is 6.04 Å². The monoisotopic (exact) mass is 370 g/mol. The SMILES string of the molecule is N[C@H](CSC(=O)c1ccc(CCl)cc1)C(=O)N1CCC[C@H]1C(=O)O. The second-order valence-electron chi connectivity index (χ2n) is 5.56. The zero-order valence-corrected chi connectivity index (χ0v) is 14.6. The van der Waals surface area contributed by atoms with Gasteiger partial charge in [-0.15, -0.1) is 11.6 Å². The largest absolute Gasteiger partial charge is 0.480 e. The Kier molecular flexibility index (Phi) is 6.65. The average molecular weight is 371 g/mol. The summed E-state index contributed by atoms with van der Waals surface area (Å²) in [6, 6.07) is 5.19. The third kappa shape index (κ3) is 4.49. The van der Waals surface area contributed by atoms with E-state index >= 15 is 0 Å². The van der Waals surface area contributed by atoms with E-state index in [2.05, 4.69) is 0 Å². The van der Waals surface area contributed by atoms with Crippen molar-refractivity contribution in [3.05, 3.63) is 35.4 Å². The molecule has 130 valence electrons. The van der Waals surface area contributed by atoms with Crippen molar-refractivity contribution in [2.45, 2.75) is 30.8 Å². The summed E-state index contributed by atoms with van der Waals surface area (Å²) in [4.78, 5) is 36.8. The number of nitrogens with two attached hydrogens (primary N) is 1. The molecule has 2 atom stereocenters. The predicted octanol–water partition coefficient (Wildman–Crippen LogP) is 1.70. The summed E-state index contributed by atoms with van der Waals surface area (Å²) in [7, 11) is 0. The first-order chi connectivity index (χ1) is 11.4. The molecule has 2 rings (SSSR count). The van der Waals surface area contributed by atoms with Crippen LogP contribution in [-0.2, 0) is 15.5 Å². The van der Waals surface area contributed by atoms with Gasteiger partial charge in [0.2, 0.25) is 11.0 Å². The zero-order valence-electron chi connectivity index (χ0n) is 13.0. The van der Waals surface area contributed by atoms with Crippen LogP contribution in [-0.4, -0.2) is 51.4 Å². The number of carboxylic acid groups (broad SMARTS) is 1. The minimum atomic E-state index is -1.02. The van der Waals surface area contributed by atoms with E-state index in [0.717, 1.165) is 17.3 Å². The van der Waals surface area contributed by atoms with Crippen molar-refractivity contribution in [2.75, 3.05) is 12.3 Å². The second-order valence-corrected chi connectivity index (χ2v) is 6.82. The van der Waals surface area contributed by atoms with Crippen molar-refractivity contribution in [3.8, 4) is 0 Å². The summed E-state index contributed by atoms with van der Waals surface area (Å²) >= 11 is 6.66. The van der Waals surface area contributed by atoms with Crippen LogP contribution in [0.15, 0.2) is 24.3 Å². The highest BCUT2D eigenvalue weighted by Gasteiger charge is 2.36. The van der Waals surface area contributed by atoms with Crippen LogP contribution in [0.2, 0.25) is 0 Å². The molecule has 0 bridgehead atoms. The molecule has 0 spiro atoms. The van der Waals surface area contributed by atoms with Gasteiger partial charge in [-0.05, 0) is 18.4 Å². The summed E-state index contributed by atoms with van der Waals surface area (Å²) in [5, 5.41) is 8.94. The van der Waals surface area contributed by atoms with Gasteiger partial charge in [-0.1, -0.05) is 36.0 Å². The van der Waals surface area contributed by atoms with Gasteiger partial charge in [-0.3, -0.25) is 9.59 Å². The number of thioether (sulfide) groups is 1. The number of aliphatic carboxylic acids is 1. The number of carbonyl (C=O) groups is 3. The van der Waals surface area contributed by atoms with Crippen molar-refractivity contribution in [1.82, 2.24) is 4.90 Å². The van der Waals surface area contributed by atoms with Crippen LogP contribution < -0.4 is 5.73 Å². The number of benzene rings is 1. The topological polar surface area (TPSA) is 101 Å². The van der Waals surface area contributed by atoms with Crippen LogP contribution in [0.1, 0.15) is 28.8 Å². The van der Waals surface area contributed by atoms with E-state index in [9.17, 15) is 14.4 Å². The highest BCUT2D eigenvalue weighted by Crippen LogP contribution is 2.20. The Morgan fingerprint density at radius 3 is 2.58 bits per heavy atom. The molecule has 0 unspecified atom stereocenters. The van der Waals surface area contributed by atoms with Gasteiger partial charge < -0.3 is 15.7 Å². The fraction of sp³-hybridized carbons (Fsp3) is 0.438. The normalized spacial score (nSPS) is 18.4. The van der Waals surface area contributed by atoms with Gasteiger partial charge in [-0.25, -0.2) is 4.79 Å². The summed E-state index contributed by atoms with van der Waals surface area (Å²) in [6.45, 7) is 0.391. The fourth-order valence-corrected chi connectivity index (χ4v) is 3.50. The number of alkyl halides is 1. The number of amides is 1. The maximum absolute atomic E-state index is 12.3. The van der Waals surface area contributed by atoms with Crippen molar-refractivity contribution in [1.29, 1.82) is 0 Å². The molecule has 1 heterocycles. The van der Waals surface area contributed by atoms with Crippen molar-refractivity contribution < 1.29 is 19.5 Å². The van der Waals surface area contributed by atoms with Gasteiger partial charge in [-0.2, -0.15) is 0 Å². The number of carbonyl (C=O) groups excluding carboxylic acids is 2. The Hall–Kier alpha value is -1.57. The number of hydrogen-bond acceptors (Lipinski definition) is 5. The lowest BCUT2D eigenvalue weighted by molar-refractivity contribution is -0.148. The van der Waals surface area contributed by atoms with Crippen molar-refractivity contribution in [2.24, 2.45) is 5.73 Å². The zero-order chi connectivity index (χ0) is 17.7. The number of carboxylic acids is 1. The van der Waals surface area contributed by atoms with E-state index < -0.39 is 24.0 Å². The Morgan fingerprint density at radius 2 is 2.00 bits per heavy atom. The molecular weight excluding hydrogens is 352 g/mol. The molecule has 0 aromatic heterocycles. The average Bonchev–Trinajstić information content (AvgIpc) is 3.08. The molecule has 1 aromatic rings. The predicted molar refractivity (Wildman–Crippen MR) is 93.1 cm³/mol. The lowest BCUT2D eigenvalue weighted by atomic mass is 10.2. The number of rotatable bonds is 6. The molecule has 8 heteroatoms. The number of halogens is 1. The molecule has 3 N–H and O–H groups in total. The quantitative estimate of drug-likeness (QED) is 0.739. The summed E-state index contributed by atoms with van der Waals surface area (Å²) in [5.74, 6) is -0.951. The first kappa shape index (κ1) is 18.8. The van der Waals surface area contributed by atoms with Gasteiger partial charge >= 0.3 is 5.97 Å². The van der Waals surface area contributed by atoms with Crippen LogP contribution in [0.25, 0.3) is 0 Å². The second kappa shape index (κ2) is 8.50. The van der Waals surface area contributed by atoms with Gasteiger partial charge in [0.15, 0.2) is 0 Å². The van der Waals surface area contributed by atoms with E-state index in [-0.39, 0.29) is 10.9 Å². The molecule has 1 saturated heterocycles. The molecular formula is C16H19ClN2O4S. The molecule has 0 radical (unpaired) electrons. The van der Waals surface area contributed by atoms with Crippen LogP contribution >= 0.6 is 23.4 Å². The molecule has 6 nitrogen and oxygen atoms in total. The minimum absolute atomic E-state index is 0.109. The molecule has 24 heavy (non-hydrogen) atoms. The van der Waals surface area contributed by atoms with Crippen molar-refractivity contribution >= 4 is 40.4 Å². The molecule has 1 amide bonds. The van der Waals surface area contributed by atoms with Crippen molar-refractivity contribution in [3.63, 3.8) is 0 Å². The minimum Gasteiger partial charge on any atom is -0.480 e. The molecule has 1 aliphatic rings. The Bertz CT molecular complexity index is 623. The fourth-order valence-electron chi connectivity index (χ4n) is 2.55. The van der Waals surface area contributed by atoms with E-state index in [1.807, 2.05) is 0 Å². The van der Waals surface area contributed by atoms with Crippen LogP contribution in [0.5, 0.6) is 0 Å². The van der Waals surface area contributed by atoms with E-state index in [0.29, 0.717) is 30.8 Å². The van der Waals surface area contributed by atoms with Crippen LogP contribution in [0.3, 0.4) is 0 Å². The summed E-state index contributed by atoms with van der Waals surface area (Å²) < 4.78 is 0.